The van der Waals surface area contributed by atoms with E-state index in [2.05, 4.69) is 17.2 Å². The van der Waals surface area contributed by atoms with Crippen LogP contribution in [0.4, 0.5) is 15.4 Å². The van der Waals surface area contributed by atoms with Gasteiger partial charge in [-0.2, -0.15) is 4.79 Å². The molecular formula is C27H41N4O6+. The van der Waals surface area contributed by atoms with E-state index in [1.54, 1.807) is 17.2 Å². The number of piperidine rings is 1. The summed E-state index contributed by atoms with van der Waals surface area (Å²) in [6, 6.07) is 1.57. The molecule has 3 heterocycles. The zero-order chi connectivity index (χ0) is 27.8. The smallest absolute Gasteiger partial charge is 0.465 e. The molecular weight excluding hydrogens is 476 g/mol. The summed E-state index contributed by atoms with van der Waals surface area (Å²) in [6.45, 7) is 14.6. The molecule has 0 radical (unpaired) electrons. The number of carboxylic acid groups (broad SMARTS) is 1. The molecule has 1 unspecified atom stereocenters. The fraction of sp³-hybridized carbons (Fsp3) is 0.630. The van der Waals surface area contributed by atoms with Gasteiger partial charge in [0.1, 0.15) is 17.3 Å². The third-order valence-corrected chi connectivity index (χ3v) is 7.40. The monoisotopic (exact) mass is 517 g/mol. The number of rotatable bonds is 5. The summed E-state index contributed by atoms with van der Waals surface area (Å²) in [5, 5.41) is 14.1. The van der Waals surface area contributed by atoms with Gasteiger partial charge >= 0.3 is 18.2 Å². The maximum atomic E-state index is 12.8. The first kappa shape index (κ1) is 28.6. The molecule has 1 saturated heterocycles. The third-order valence-electron chi connectivity index (χ3n) is 7.40. The average Bonchev–Trinajstić information content (AvgIpc) is 3.17. The second kappa shape index (κ2) is 10.1. The number of hydrogen-bond donors (Lipinski definition) is 2. The first-order valence-corrected chi connectivity index (χ1v) is 12.8. The number of carbonyl (C=O) groups is 3. The standard InChI is InChI=1S/C27H40N4O6/c1-9-27(11-14-30(15-12-27)23(33)37-26(5,6)7)29-16-18-17-31(24(34)35,25(2,3)4)21-20(18)19(10-13-28-21)22(32)36-8/h10,13,17,29H,9,11-12,14-16H2,1-8H3/p+1. The number of esters is 1. The summed E-state index contributed by atoms with van der Waals surface area (Å²) < 4.78 is 10.0. The number of methoxy groups -OCH3 is 1. The van der Waals surface area contributed by atoms with Gasteiger partial charge in [-0.3, -0.25) is 0 Å². The van der Waals surface area contributed by atoms with Crippen molar-refractivity contribution in [1.29, 1.82) is 0 Å². The molecule has 1 atom stereocenters. The molecule has 2 N–H and O–H groups in total. The van der Waals surface area contributed by atoms with Gasteiger partial charge in [0.25, 0.3) is 5.82 Å². The van der Waals surface area contributed by atoms with Crippen molar-refractivity contribution in [1.82, 2.24) is 19.7 Å². The molecule has 2 amide bonds. The maximum Gasteiger partial charge on any atom is 0.525 e. The Labute approximate surface area is 219 Å². The number of nitrogens with zero attached hydrogens (tertiary/aromatic N) is 3. The normalized spacial score (nSPS) is 21.2. The minimum atomic E-state index is -1.07. The van der Waals surface area contributed by atoms with Crippen molar-refractivity contribution in [2.24, 2.45) is 0 Å². The van der Waals surface area contributed by atoms with Crippen LogP contribution < -0.4 is 9.80 Å². The number of quaternary nitrogens is 1. The fourth-order valence-corrected chi connectivity index (χ4v) is 5.13. The van der Waals surface area contributed by atoms with E-state index in [1.165, 1.54) is 13.3 Å². The number of likely N-dealkylation sites (tertiary alicyclic amines) is 1. The van der Waals surface area contributed by atoms with Crippen LogP contribution in [0.5, 0.6) is 0 Å². The van der Waals surface area contributed by atoms with Crippen LogP contribution in [0.15, 0.2) is 18.5 Å². The molecule has 2 aliphatic rings. The van der Waals surface area contributed by atoms with Crippen molar-refractivity contribution < 1.29 is 29.0 Å². The molecule has 0 bridgehead atoms. The molecule has 1 aromatic heterocycles. The summed E-state index contributed by atoms with van der Waals surface area (Å²) in [4.78, 5) is 44.2. The highest BCUT2D eigenvalue weighted by molar-refractivity contribution is 6.03. The molecule has 0 aliphatic carbocycles. The molecule has 10 heteroatoms. The van der Waals surface area contributed by atoms with Crippen molar-refractivity contribution in [2.45, 2.75) is 84.4 Å². The minimum Gasteiger partial charge on any atom is -0.465 e. The van der Waals surface area contributed by atoms with Crippen molar-refractivity contribution in [3.05, 3.63) is 29.6 Å². The van der Waals surface area contributed by atoms with Gasteiger partial charge in [0, 0.05) is 36.9 Å². The van der Waals surface area contributed by atoms with Crippen LogP contribution in [-0.4, -0.2) is 76.6 Å². The highest BCUT2D eigenvalue weighted by Gasteiger charge is 2.56. The van der Waals surface area contributed by atoms with Crippen molar-refractivity contribution >= 4 is 29.5 Å². The Morgan fingerprint density at radius 3 is 2.27 bits per heavy atom. The average molecular weight is 518 g/mol. The van der Waals surface area contributed by atoms with Gasteiger partial charge < -0.3 is 24.8 Å². The van der Waals surface area contributed by atoms with E-state index in [9.17, 15) is 19.5 Å². The highest BCUT2D eigenvalue weighted by atomic mass is 16.6. The molecule has 37 heavy (non-hydrogen) atoms. The zero-order valence-corrected chi connectivity index (χ0v) is 23.3. The fourth-order valence-electron chi connectivity index (χ4n) is 5.13. The van der Waals surface area contributed by atoms with Crippen molar-refractivity contribution in [3.63, 3.8) is 0 Å². The second-order valence-electron chi connectivity index (χ2n) is 11.8. The van der Waals surface area contributed by atoms with Gasteiger partial charge in [-0.1, -0.05) is 6.92 Å². The summed E-state index contributed by atoms with van der Waals surface area (Å²) in [7, 11) is 1.30. The lowest BCUT2D eigenvalue weighted by atomic mass is 9.84. The predicted octanol–water partition coefficient (Wildman–Crippen LogP) is 4.78. The van der Waals surface area contributed by atoms with Crippen LogP contribution in [0, 0.1) is 0 Å². The third kappa shape index (κ3) is 5.36. The quantitative estimate of drug-likeness (QED) is 0.423. The lowest BCUT2D eigenvalue weighted by Crippen LogP contribution is -2.60. The largest absolute Gasteiger partial charge is 0.525 e. The van der Waals surface area contributed by atoms with E-state index in [1.807, 2.05) is 41.5 Å². The molecule has 1 fully saturated rings. The highest BCUT2D eigenvalue weighted by Crippen LogP contribution is 2.46. The second-order valence-corrected chi connectivity index (χ2v) is 11.8. The number of hydrogen-bond acceptors (Lipinski definition) is 7. The number of amides is 2. The minimum absolute atomic E-state index is 0.254. The number of pyridine rings is 1. The van der Waals surface area contributed by atoms with E-state index < -0.39 is 27.7 Å². The van der Waals surface area contributed by atoms with Crippen molar-refractivity contribution in [2.75, 3.05) is 26.7 Å². The summed E-state index contributed by atoms with van der Waals surface area (Å²) in [6.07, 6.45) is 4.02. The van der Waals surface area contributed by atoms with Gasteiger partial charge in [0.15, 0.2) is 0 Å². The molecule has 2 aliphatic heterocycles. The van der Waals surface area contributed by atoms with Crippen LogP contribution in [0.25, 0.3) is 5.57 Å². The van der Waals surface area contributed by atoms with Gasteiger partial charge in [0.05, 0.1) is 18.2 Å². The number of aromatic nitrogens is 1. The number of nitrogens with one attached hydrogen (secondary N) is 1. The molecule has 204 valence electrons. The van der Waals surface area contributed by atoms with E-state index in [4.69, 9.17) is 9.47 Å². The van der Waals surface area contributed by atoms with E-state index in [0.29, 0.717) is 36.6 Å². The molecule has 1 aromatic rings. The van der Waals surface area contributed by atoms with Gasteiger partial charge in [0.2, 0.25) is 0 Å². The first-order valence-electron chi connectivity index (χ1n) is 12.8. The molecule has 0 aromatic carbocycles. The molecule has 0 saturated carbocycles. The Kier molecular flexibility index (Phi) is 7.77. The number of carbonyl (C=O) groups excluding carboxylic acids is 2. The molecule has 3 rings (SSSR count). The Hall–Kier alpha value is -2.98. The van der Waals surface area contributed by atoms with E-state index in [0.717, 1.165) is 19.3 Å². The first-order chi connectivity index (χ1) is 17.1. The van der Waals surface area contributed by atoms with Crippen LogP contribution in [0.2, 0.25) is 0 Å². The molecule has 10 nitrogen and oxygen atoms in total. The SMILES string of the molecule is CCC1(NCC2=C[N+](C(=O)O)(C(C)(C)C)c3nccc(C(=O)OC)c32)CCN(C(=O)OC(C)(C)C)CC1. The lowest BCUT2D eigenvalue weighted by molar-refractivity contribution is 0.0146. The van der Waals surface area contributed by atoms with E-state index in [-0.39, 0.29) is 17.2 Å². The maximum absolute atomic E-state index is 12.8. The number of ether oxygens (including phenoxy) is 2. The number of fused-ring (bicyclic) bond motifs is 1. The van der Waals surface area contributed by atoms with Crippen LogP contribution in [0.3, 0.4) is 0 Å². The Morgan fingerprint density at radius 2 is 1.78 bits per heavy atom. The van der Waals surface area contributed by atoms with Crippen LogP contribution in [0.1, 0.15) is 83.7 Å². The van der Waals surface area contributed by atoms with Crippen LogP contribution >= 0.6 is 0 Å². The lowest BCUT2D eigenvalue weighted by Gasteiger charge is -2.42. The van der Waals surface area contributed by atoms with Crippen molar-refractivity contribution in [3.8, 4) is 0 Å². The Morgan fingerprint density at radius 1 is 1.16 bits per heavy atom. The summed E-state index contributed by atoms with van der Waals surface area (Å²) >= 11 is 0. The summed E-state index contributed by atoms with van der Waals surface area (Å²) in [5.74, 6) is -0.246. The summed E-state index contributed by atoms with van der Waals surface area (Å²) in [5.41, 5.74) is -0.109. The van der Waals surface area contributed by atoms with Gasteiger partial charge in [-0.15, -0.1) is 4.48 Å². The van der Waals surface area contributed by atoms with Gasteiger partial charge in [-0.05, 0) is 66.9 Å². The topological polar surface area (TPSA) is 118 Å². The molecule has 0 spiro atoms. The Balaban J connectivity index is 1.92. The van der Waals surface area contributed by atoms with E-state index >= 15 is 0 Å². The van der Waals surface area contributed by atoms with Gasteiger partial charge in [-0.25, -0.2) is 14.6 Å². The Bertz CT molecular complexity index is 1090. The predicted molar refractivity (Wildman–Crippen MR) is 141 cm³/mol. The zero-order valence-electron chi connectivity index (χ0n) is 23.3. The van der Waals surface area contributed by atoms with Crippen LogP contribution in [-0.2, 0) is 9.47 Å².